The molecule has 0 bridgehead atoms. The van der Waals surface area contributed by atoms with E-state index in [2.05, 4.69) is 6.08 Å². The molecule has 94 valence electrons. The number of rotatable bonds is 1. The summed E-state index contributed by atoms with van der Waals surface area (Å²) in [5.74, 6) is 0. The van der Waals surface area contributed by atoms with Gasteiger partial charge in [0.1, 0.15) is 6.10 Å². The van der Waals surface area contributed by atoms with E-state index in [9.17, 15) is 4.79 Å². The molecule has 1 saturated carbocycles. The van der Waals surface area contributed by atoms with Crippen LogP contribution < -0.4 is 4.90 Å². The molecule has 3 nitrogen and oxygen atoms in total. The Morgan fingerprint density at radius 3 is 2.83 bits per heavy atom. The zero-order valence-corrected chi connectivity index (χ0v) is 10.3. The standard InChI is InChI=1S/C15H17NO2/c17-15(18-13-8-2-3-9-13)16-11-5-7-12-6-1-4-10-14(12)16/h1,4-7,10,13H,2-3,8-9,11H2. The van der Waals surface area contributed by atoms with E-state index in [0.29, 0.717) is 6.54 Å². The van der Waals surface area contributed by atoms with E-state index in [4.69, 9.17) is 4.74 Å². The smallest absolute Gasteiger partial charge is 0.414 e. The van der Waals surface area contributed by atoms with Gasteiger partial charge in [-0.1, -0.05) is 30.4 Å². The Morgan fingerprint density at radius 2 is 2.00 bits per heavy atom. The number of carbonyl (C=O) groups is 1. The minimum atomic E-state index is -0.210. The van der Waals surface area contributed by atoms with E-state index in [0.717, 1.165) is 24.1 Å². The van der Waals surface area contributed by atoms with Gasteiger partial charge < -0.3 is 4.74 Å². The summed E-state index contributed by atoms with van der Waals surface area (Å²) in [6.45, 7) is 0.600. The summed E-state index contributed by atoms with van der Waals surface area (Å²) in [5.41, 5.74) is 2.02. The van der Waals surface area contributed by atoms with Gasteiger partial charge >= 0.3 is 6.09 Å². The predicted octanol–water partition coefficient (Wildman–Crippen LogP) is 3.60. The van der Waals surface area contributed by atoms with Crippen LogP contribution in [0.5, 0.6) is 0 Å². The van der Waals surface area contributed by atoms with Crippen LogP contribution in [0.4, 0.5) is 10.5 Å². The average Bonchev–Trinajstić information content (AvgIpc) is 2.91. The van der Waals surface area contributed by atoms with Crippen LogP contribution in [0, 0.1) is 0 Å². The maximum absolute atomic E-state index is 12.2. The van der Waals surface area contributed by atoms with Gasteiger partial charge in [0, 0.05) is 6.54 Å². The molecule has 2 aliphatic rings. The summed E-state index contributed by atoms with van der Waals surface area (Å²) in [6, 6.07) is 7.92. The van der Waals surface area contributed by atoms with Gasteiger partial charge in [-0.05, 0) is 37.3 Å². The fourth-order valence-electron chi connectivity index (χ4n) is 2.64. The van der Waals surface area contributed by atoms with Crippen LogP contribution in [0.3, 0.4) is 0 Å². The first kappa shape index (κ1) is 11.3. The molecule has 1 amide bonds. The highest BCUT2D eigenvalue weighted by Gasteiger charge is 2.25. The molecule has 0 spiro atoms. The quantitative estimate of drug-likeness (QED) is 0.754. The van der Waals surface area contributed by atoms with E-state index in [1.165, 1.54) is 12.8 Å². The molecule has 3 rings (SSSR count). The van der Waals surface area contributed by atoms with Gasteiger partial charge in [-0.2, -0.15) is 0 Å². The van der Waals surface area contributed by atoms with Crippen molar-refractivity contribution in [2.24, 2.45) is 0 Å². The lowest BCUT2D eigenvalue weighted by Crippen LogP contribution is -2.35. The Balaban J connectivity index is 1.76. The van der Waals surface area contributed by atoms with E-state index >= 15 is 0 Å². The second-order valence-electron chi connectivity index (χ2n) is 4.86. The Kier molecular flexibility index (Phi) is 3.05. The highest BCUT2D eigenvalue weighted by atomic mass is 16.6. The molecule has 0 unspecified atom stereocenters. The first-order valence-corrected chi connectivity index (χ1v) is 6.58. The van der Waals surface area contributed by atoms with E-state index in [1.54, 1.807) is 4.90 Å². The Bertz CT molecular complexity index is 475. The van der Waals surface area contributed by atoms with Gasteiger partial charge in [-0.3, -0.25) is 4.90 Å². The lowest BCUT2D eigenvalue weighted by molar-refractivity contribution is 0.108. The Morgan fingerprint density at radius 1 is 1.22 bits per heavy atom. The minimum absolute atomic E-state index is 0.121. The minimum Gasteiger partial charge on any atom is -0.446 e. The lowest BCUT2D eigenvalue weighted by Gasteiger charge is -2.26. The third-order valence-corrected chi connectivity index (χ3v) is 3.60. The fraction of sp³-hybridized carbons (Fsp3) is 0.400. The fourth-order valence-corrected chi connectivity index (χ4v) is 2.64. The van der Waals surface area contributed by atoms with Gasteiger partial charge in [-0.25, -0.2) is 4.79 Å². The molecule has 3 heteroatoms. The van der Waals surface area contributed by atoms with Gasteiger partial charge in [0.05, 0.1) is 5.69 Å². The van der Waals surface area contributed by atoms with Gasteiger partial charge in [0.2, 0.25) is 0 Å². The molecule has 0 aromatic heterocycles. The SMILES string of the molecule is O=C(OC1CCCC1)N1CC=Cc2ccccc21. The summed E-state index contributed by atoms with van der Waals surface area (Å²) in [4.78, 5) is 13.9. The van der Waals surface area contributed by atoms with Crippen molar-refractivity contribution >= 4 is 17.9 Å². The largest absolute Gasteiger partial charge is 0.446 e. The molecule has 1 heterocycles. The van der Waals surface area contributed by atoms with Crippen molar-refractivity contribution in [2.75, 3.05) is 11.4 Å². The number of para-hydroxylation sites is 1. The topological polar surface area (TPSA) is 29.5 Å². The van der Waals surface area contributed by atoms with Crippen molar-refractivity contribution in [1.29, 1.82) is 0 Å². The van der Waals surface area contributed by atoms with Crippen LogP contribution in [0.2, 0.25) is 0 Å². The van der Waals surface area contributed by atoms with E-state index in [-0.39, 0.29) is 12.2 Å². The number of nitrogens with zero attached hydrogens (tertiary/aromatic N) is 1. The highest BCUT2D eigenvalue weighted by Crippen LogP contribution is 2.28. The van der Waals surface area contributed by atoms with Crippen LogP contribution >= 0.6 is 0 Å². The zero-order valence-electron chi connectivity index (χ0n) is 10.3. The Labute approximate surface area is 107 Å². The number of anilines is 1. The van der Waals surface area contributed by atoms with Gasteiger partial charge in [-0.15, -0.1) is 0 Å². The van der Waals surface area contributed by atoms with Crippen LogP contribution in [-0.4, -0.2) is 18.7 Å². The summed E-state index contributed by atoms with van der Waals surface area (Å²) in [6.07, 6.45) is 8.33. The number of benzene rings is 1. The Hall–Kier alpha value is -1.77. The normalized spacial score (nSPS) is 18.8. The number of amides is 1. The third kappa shape index (κ3) is 2.13. The van der Waals surface area contributed by atoms with Crippen molar-refractivity contribution in [2.45, 2.75) is 31.8 Å². The molecule has 0 atom stereocenters. The lowest BCUT2D eigenvalue weighted by atomic mass is 10.1. The van der Waals surface area contributed by atoms with E-state index in [1.807, 2.05) is 30.3 Å². The highest BCUT2D eigenvalue weighted by molar-refractivity contribution is 5.92. The molecular weight excluding hydrogens is 226 g/mol. The third-order valence-electron chi connectivity index (χ3n) is 3.60. The second-order valence-corrected chi connectivity index (χ2v) is 4.86. The number of fused-ring (bicyclic) bond motifs is 1. The molecule has 1 aromatic carbocycles. The van der Waals surface area contributed by atoms with Crippen molar-refractivity contribution in [3.05, 3.63) is 35.9 Å². The van der Waals surface area contributed by atoms with Gasteiger partial charge in [0.25, 0.3) is 0 Å². The summed E-state index contributed by atoms with van der Waals surface area (Å²) >= 11 is 0. The average molecular weight is 243 g/mol. The van der Waals surface area contributed by atoms with Crippen LogP contribution in [0.15, 0.2) is 30.3 Å². The number of ether oxygens (including phenoxy) is 1. The van der Waals surface area contributed by atoms with Crippen molar-refractivity contribution in [1.82, 2.24) is 0 Å². The zero-order chi connectivity index (χ0) is 12.4. The monoisotopic (exact) mass is 243 g/mol. The number of hydrogen-bond acceptors (Lipinski definition) is 2. The maximum Gasteiger partial charge on any atom is 0.414 e. The molecule has 0 radical (unpaired) electrons. The van der Waals surface area contributed by atoms with Crippen LogP contribution in [-0.2, 0) is 4.74 Å². The molecule has 1 aromatic rings. The number of carbonyl (C=O) groups excluding carboxylic acids is 1. The van der Waals surface area contributed by atoms with Gasteiger partial charge in [0.15, 0.2) is 0 Å². The predicted molar refractivity (Wildman–Crippen MR) is 71.6 cm³/mol. The molecule has 1 aliphatic heterocycles. The maximum atomic E-state index is 12.2. The first-order valence-electron chi connectivity index (χ1n) is 6.58. The van der Waals surface area contributed by atoms with Crippen molar-refractivity contribution < 1.29 is 9.53 Å². The molecule has 0 N–H and O–H groups in total. The molecule has 18 heavy (non-hydrogen) atoms. The van der Waals surface area contributed by atoms with Crippen molar-refractivity contribution in [3.8, 4) is 0 Å². The molecule has 1 aliphatic carbocycles. The van der Waals surface area contributed by atoms with Crippen molar-refractivity contribution in [3.63, 3.8) is 0 Å². The molecule has 1 fully saturated rings. The second kappa shape index (κ2) is 4.84. The van der Waals surface area contributed by atoms with Crippen LogP contribution in [0.1, 0.15) is 31.2 Å². The first-order chi connectivity index (χ1) is 8.84. The summed E-state index contributed by atoms with van der Waals surface area (Å²) in [7, 11) is 0. The molecule has 0 saturated heterocycles. The summed E-state index contributed by atoms with van der Waals surface area (Å²) in [5, 5.41) is 0. The summed E-state index contributed by atoms with van der Waals surface area (Å²) < 4.78 is 5.56. The number of hydrogen-bond donors (Lipinski definition) is 0. The van der Waals surface area contributed by atoms with Crippen LogP contribution in [0.25, 0.3) is 6.08 Å². The van der Waals surface area contributed by atoms with E-state index < -0.39 is 0 Å². The molecular formula is C15H17NO2.